The summed E-state index contributed by atoms with van der Waals surface area (Å²) >= 11 is 0. The molecule has 0 bridgehead atoms. The summed E-state index contributed by atoms with van der Waals surface area (Å²) in [6, 6.07) is 27.5. The number of nitrogens with zero attached hydrogens (tertiary/aromatic N) is 3. The number of hydrogen-bond acceptors (Lipinski definition) is 6. The molecule has 0 saturated heterocycles. The lowest BCUT2D eigenvalue weighted by atomic mass is 9.98. The van der Waals surface area contributed by atoms with E-state index < -0.39 is 26.7 Å². The van der Waals surface area contributed by atoms with Gasteiger partial charge < -0.3 is 21.9 Å². The second kappa shape index (κ2) is 11.3. The fraction of sp³-hybridized carbons (Fsp3) is 0.0303. The molecule has 9 nitrogen and oxygen atoms in total. The van der Waals surface area contributed by atoms with Crippen molar-refractivity contribution in [2.24, 2.45) is 21.8 Å². The first-order chi connectivity index (χ1) is 21.9. The molecular formula is C33H24F3N5O4S. The van der Waals surface area contributed by atoms with Gasteiger partial charge in [-0.05, 0) is 76.9 Å². The van der Waals surface area contributed by atoms with Crippen molar-refractivity contribution in [3.8, 4) is 22.3 Å². The van der Waals surface area contributed by atoms with Crippen molar-refractivity contribution >= 4 is 43.5 Å². The van der Waals surface area contributed by atoms with E-state index in [1.54, 1.807) is 84.9 Å². The number of nitrogens with two attached hydrogens (primary N) is 2. The van der Waals surface area contributed by atoms with Crippen LogP contribution in [0.2, 0.25) is 0 Å². The Morgan fingerprint density at radius 1 is 0.630 bits per heavy atom. The Hall–Kier alpha value is -5.82. The first-order valence-electron chi connectivity index (χ1n) is 13.6. The second-order valence-corrected chi connectivity index (χ2v) is 12.2. The maximum atomic E-state index is 14.1. The Balaban J connectivity index is 1.63. The van der Waals surface area contributed by atoms with Crippen molar-refractivity contribution in [1.29, 1.82) is 0 Å². The largest absolute Gasteiger partial charge is 0.416 e. The lowest BCUT2D eigenvalue weighted by Crippen LogP contribution is -2.14. The maximum Gasteiger partial charge on any atom is 0.416 e. The smallest absolute Gasteiger partial charge is 0.409 e. The molecule has 0 aliphatic carbocycles. The summed E-state index contributed by atoms with van der Waals surface area (Å²) in [5, 5.41) is 25.4. The molecule has 0 aliphatic rings. The SMILES string of the molecule is N/C(=N\O)c1cccc(-c2ccc3c(c2)c2cc(-c4cccc(/C(N)=N/O)c4)ccc2n3S(=O)(=O)c2cccc(C(F)(F)F)c2)c1. The van der Waals surface area contributed by atoms with Gasteiger partial charge in [-0.15, -0.1) is 0 Å². The third-order valence-electron chi connectivity index (χ3n) is 7.62. The highest BCUT2D eigenvalue weighted by Crippen LogP contribution is 2.38. The molecule has 13 heteroatoms. The first-order valence-corrected chi connectivity index (χ1v) is 15.0. The highest BCUT2D eigenvalue weighted by Gasteiger charge is 2.32. The molecule has 0 atom stereocenters. The summed E-state index contributed by atoms with van der Waals surface area (Å²) in [5.74, 6) is -0.184. The van der Waals surface area contributed by atoms with Crippen LogP contribution in [-0.4, -0.2) is 34.5 Å². The maximum absolute atomic E-state index is 14.1. The van der Waals surface area contributed by atoms with E-state index in [0.29, 0.717) is 50.2 Å². The molecule has 0 saturated carbocycles. The molecule has 6 rings (SSSR count). The zero-order valence-electron chi connectivity index (χ0n) is 23.6. The van der Waals surface area contributed by atoms with E-state index in [0.717, 1.165) is 22.2 Å². The first kappa shape index (κ1) is 30.2. The molecule has 6 N–H and O–H groups in total. The fourth-order valence-corrected chi connectivity index (χ4v) is 6.95. The zero-order valence-corrected chi connectivity index (χ0v) is 24.5. The number of fused-ring (bicyclic) bond motifs is 3. The van der Waals surface area contributed by atoms with Gasteiger partial charge in [-0.3, -0.25) is 0 Å². The van der Waals surface area contributed by atoms with Crippen LogP contribution in [0.1, 0.15) is 16.7 Å². The van der Waals surface area contributed by atoms with E-state index in [9.17, 15) is 21.6 Å². The van der Waals surface area contributed by atoms with E-state index >= 15 is 0 Å². The zero-order chi connectivity index (χ0) is 32.8. The van der Waals surface area contributed by atoms with E-state index in [-0.39, 0.29) is 22.7 Å². The quantitative estimate of drug-likeness (QED) is 0.0696. The van der Waals surface area contributed by atoms with Crippen molar-refractivity contribution in [3.05, 3.63) is 126 Å². The van der Waals surface area contributed by atoms with Gasteiger partial charge in [0.15, 0.2) is 11.7 Å². The predicted molar refractivity (Wildman–Crippen MR) is 169 cm³/mol. The number of benzene rings is 5. The van der Waals surface area contributed by atoms with E-state index in [1.165, 1.54) is 0 Å². The average molecular weight is 644 g/mol. The van der Waals surface area contributed by atoms with Crippen LogP contribution >= 0.6 is 0 Å². The predicted octanol–water partition coefficient (Wildman–Crippen LogP) is 6.57. The van der Waals surface area contributed by atoms with Crippen LogP contribution in [0, 0.1) is 0 Å². The van der Waals surface area contributed by atoms with E-state index in [2.05, 4.69) is 10.3 Å². The molecular weight excluding hydrogens is 619 g/mol. The van der Waals surface area contributed by atoms with Crippen LogP contribution in [0.4, 0.5) is 13.2 Å². The lowest BCUT2D eigenvalue weighted by molar-refractivity contribution is -0.137. The molecule has 0 fully saturated rings. The van der Waals surface area contributed by atoms with Crippen LogP contribution in [0.25, 0.3) is 44.1 Å². The monoisotopic (exact) mass is 643 g/mol. The van der Waals surface area contributed by atoms with Crippen molar-refractivity contribution in [1.82, 2.24) is 3.97 Å². The summed E-state index contributed by atoms with van der Waals surface area (Å²) in [6.45, 7) is 0. The van der Waals surface area contributed by atoms with Crippen molar-refractivity contribution in [2.45, 2.75) is 11.1 Å². The normalized spacial score (nSPS) is 13.0. The molecule has 0 spiro atoms. The van der Waals surface area contributed by atoms with E-state index in [4.69, 9.17) is 21.9 Å². The molecule has 46 heavy (non-hydrogen) atoms. The topological polar surface area (TPSA) is 156 Å². The second-order valence-electron chi connectivity index (χ2n) is 10.4. The Bertz CT molecular complexity index is 2210. The van der Waals surface area contributed by atoms with Gasteiger partial charge in [-0.25, -0.2) is 12.4 Å². The van der Waals surface area contributed by atoms with Gasteiger partial charge in [0.1, 0.15) is 0 Å². The number of aromatic nitrogens is 1. The molecule has 6 aromatic rings. The number of alkyl halides is 3. The molecule has 0 unspecified atom stereocenters. The third kappa shape index (κ3) is 5.26. The van der Waals surface area contributed by atoms with Crippen molar-refractivity contribution in [3.63, 3.8) is 0 Å². The van der Waals surface area contributed by atoms with Crippen LogP contribution in [0.3, 0.4) is 0 Å². The van der Waals surface area contributed by atoms with Crippen molar-refractivity contribution in [2.75, 3.05) is 0 Å². The molecule has 1 heterocycles. The summed E-state index contributed by atoms with van der Waals surface area (Å²) < 4.78 is 69.9. The van der Waals surface area contributed by atoms with Gasteiger partial charge in [-0.2, -0.15) is 13.2 Å². The Labute approximate surface area is 260 Å². The molecule has 0 amide bonds. The van der Waals surface area contributed by atoms with Gasteiger partial charge in [0, 0.05) is 21.9 Å². The number of hydrogen-bond donors (Lipinski definition) is 4. The molecule has 0 radical (unpaired) electrons. The Morgan fingerprint density at radius 3 is 1.54 bits per heavy atom. The van der Waals surface area contributed by atoms with Crippen LogP contribution in [0.5, 0.6) is 0 Å². The highest BCUT2D eigenvalue weighted by atomic mass is 32.2. The van der Waals surface area contributed by atoms with Crippen LogP contribution in [-0.2, 0) is 16.2 Å². The summed E-state index contributed by atoms with van der Waals surface area (Å²) in [4.78, 5) is -0.521. The number of amidine groups is 2. The number of halogens is 3. The summed E-state index contributed by atoms with van der Waals surface area (Å²) in [6.07, 6.45) is -4.74. The van der Waals surface area contributed by atoms with E-state index in [1.807, 2.05) is 0 Å². The lowest BCUT2D eigenvalue weighted by Gasteiger charge is -2.12. The molecule has 232 valence electrons. The van der Waals surface area contributed by atoms with Gasteiger partial charge in [0.05, 0.1) is 21.5 Å². The van der Waals surface area contributed by atoms with Gasteiger partial charge in [0.2, 0.25) is 0 Å². The summed E-state index contributed by atoms with van der Waals surface area (Å²) in [5.41, 5.74) is 14.6. The van der Waals surface area contributed by atoms with Crippen LogP contribution in [0.15, 0.2) is 124 Å². The fourth-order valence-electron chi connectivity index (χ4n) is 5.38. The van der Waals surface area contributed by atoms with Crippen molar-refractivity contribution < 1.29 is 32.0 Å². The molecule has 0 aliphatic heterocycles. The third-order valence-corrected chi connectivity index (χ3v) is 9.34. The summed E-state index contributed by atoms with van der Waals surface area (Å²) in [7, 11) is -4.53. The van der Waals surface area contributed by atoms with Crippen LogP contribution < -0.4 is 11.5 Å². The Morgan fingerprint density at radius 2 is 1.09 bits per heavy atom. The molecule has 5 aromatic carbocycles. The van der Waals surface area contributed by atoms with Gasteiger partial charge >= 0.3 is 6.18 Å². The minimum absolute atomic E-state index is 0.0922. The number of oxime groups is 2. The van der Waals surface area contributed by atoms with Gasteiger partial charge in [0.25, 0.3) is 10.0 Å². The Kier molecular flexibility index (Phi) is 7.40. The minimum atomic E-state index is -4.74. The number of rotatable bonds is 6. The minimum Gasteiger partial charge on any atom is -0.409 e. The average Bonchev–Trinajstić information content (AvgIpc) is 3.41. The molecule has 1 aromatic heterocycles. The highest BCUT2D eigenvalue weighted by molar-refractivity contribution is 7.90. The standard InChI is InChI=1S/C33H24F3N5O4S/c34-33(35,36)25-8-3-9-26(18-25)46(44,45)41-29-12-10-21(19-4-1-6-23(14-19)31(37)39-42)16-27(29)28-17-22(11-13-30(28)41)20-5-2-7-24(15-20)32(38)40-43/h1-18,42-43H,(H2,37,39)(H2,38,40). The van der Waals surface area contributed by atoms with Gasteiger partial charge in [-0.1, -0.05) is 64.9 Å².